The van der Waals surface area contributed by atoms with Crippen LogP contribution in [0.25, 0.3) is 17.0 Å². The van der Waals surface area contributed by atoms with Crippen molar-refractivity contribution in [1.29, 1.82) is 0 Å². The maximum atomic E-state index is 11.9. The third-order valence-electron chi connectivity index (χ3n) is 6.37. The van der Waals surface area contributed by atoms with Crippen LogP contribution < -0.4 is 10.1 Å². The van der Waals surface area contributed by atoms with Crippen LogP contribution in [0.4, 0.5) is 5.69 Å². The van der Waals surface area contributed by atoms with E-state index in [1.165, 1.54) is 25.7 Å². The van der Waals surface area contributed by atoms with E-state index in [-0.39, 0.29) is 19.5 Å². The highest BCUT2D eigenvalue weighted by molar-refractivity contribution is 5.69. The lowest BCUT2D eigenvalue weighted by Gasteiger charge is -2.09. The molecule has 9 heteroatoms. The summed E-state index contributed by atoms with van der Waals surface area (Å²) >= 11 is 0. The highest BCUT2D eigenvalue weighted by atomic mass is 16.7. The first-order chi connectivity index (χ1) is 19.2. The van der Waals surface area contributed by atoms with Gasteiger partial charge in [-0.15, -0.1) is 5.10 Å². The summed E-state index contributed by atoms with van der Waals surface area (Å²) in [6.07, 6.45) is 9.45. The number of esters is 1. The molecule has 0 aliphatic rings. The summed E-state index contributed by atoms with van der Waals surface area (Å²) < 4.78 is 17.9. The van der Waals surface area contributed by atoms with Crippen LogP contribution in [0.2, 0.25) is 0 Å². The molecule has 0 spiro atoms. The fourth-order valence-electron chi connectivity index (χ4n) is 4.25. The number of H-pyrrole nitrogens is 1. The SMILES string of the molecule is Cc1cc2nc(-c3ccc(NCOCOC(=O)CCCCCCCCCCOc4ccccc4)cc3)nn2[nH]1. The van der Waals surface area contributed by atoms with Gasteiger partial charge in [0.2, 0.25) is 0 Å². The molecule has 2 aromatic heterocycles. The zero-order valence-corrected chi connectivity index (χ0v) is 22.7. The third-order valence-corrected chi connectivity index (χ3v) is 6.37. The lowest BCUT2D eigenvalue weighted by Crippen LogP contribution is -2.12. The Balaban J connectivity index is 0.947. The fraction of sp³-hybridized carbons (Fsp3) is 0.433. The van der Waals surface area contributed by atoms with Crippen molar-refractivity contribution in [2.45, 2.75) is 64.7 Å². The van der Waals surface area contributed by atoms with Gasteiger partial charge < -0.3 is 19.5 Å². The van der Waals surface area contributed by atoms with Gasteiger partial charge in [0.1, 0.15) is 12.5 Å². The first-order valence-electron chi connectivity index (χ1n) is 13.9. The van der Waals surface area contributed by atoms with Crippen molar-refractivity contribution in [3.63, 3.8) is 0 Å². The number of aryl methyl sites for hydroxylation is 1. The molecule has 0 saturated heterocycles. The third kappa shape index (κ3) is 9.76. The minimum atomic E-state index is -0.211. The Labute approximate surface area is 229 Å². The van der Waals surface area contributed by atoms with Crippen molar-refractivity contribution >= 4 is 17.3 Å². The van der Waals surface area contributed by atoms with Crippen LogP contribution in [0.5, 0.6) is 5.75 Å². The van der Waals surface area contributed by atoms with E-state index in [1.807, 2.05) is 67.6 Å². The number of hydrogen-bond acceptors (Lipinski definition) is 7. The number of nitrogens with one attached hydrogen (secondary N) is 2. The average molecular weight is 534 g/mol. The second kappa shape index (κ2) is 15.5. The van der Waals surface area contributed by atoms with Gasteiger partial charge in [-0.1, -0.05) is 56.7 Å². The van der Waals surface area contributed by atoms with Crippen LogP contribution in [0.1, 0.15) is 63.5 Å². The molecule has 0 radical (unpaired) electrons. The summed E-state index contributed by atoms with van der Waals surface area (Å²) in [4.78, 5) is 16.4. The number of ether oxygens (including phenoxy) is 3. The van der Waals surface area contributed by atoms with Gasteiger partial charge in [0.05, 0.1) is 6.61 Å². The molecule has 0 unspecified atom stereocenters. The predicted octanol–water partition coefficient (Wildman–Crippen LogP) is 6.51. The molecule has 0 saturated carbocycles. The number of aromatic amines is 1. The summed E-state index contributed by atoms with van der Waals surface area (Å²) in [5, 5.41) is 10.7. The number of anilines is 1. The number of carbonyl (C=O) groups excluding carboxylic acids is 1. The number of aromatic nitrogens is 4. The Kier molecular flexibility index (Phi) is 11.2. The molecule has 39 heavy (non-hydrogen) atoms. The number of para-hydroxylation sites is 1. The van der Waals surface area contributed by atoms with Crippen LogP contribution in [0.3, 0.4) is 0 Å². The van der Waals surface area contributed by atoms with Crippen LogP contribution in [-0.2, 0) is 14.3 Å². The van der Waals surface area contributed by atoms with E-state index in [0.29, 0.717) is 12.2 Å². The lowest BCUT2D eigenvalue weighted by atomic mass is 10.1. The topological polar surface area (TPSA) is 103 Å². The van der Waals surface area contributed by atoms with Gasteiger partial charge in [-0.05, 0) is 56.2 Å². The van der Waals surface area contributed by atoms with Gasteiger partial charge in [-0.25, -0.2) is 4.98 Å². The number of unbranched alkanes of at least 4 members (excludes halogenated alkanes) is 7. The average Bonchev–Trinajstić information content (AvgIpc) is 3.50. The van der Waals surface area contributed by atoms with E-state index < -0.39 is 0 Å². The normalized spacial score (nSPS) is 11.1. The Morgan fingerprint density at radius 1 is 0.923 bits per heavy atom. The summed E-state index contributed by atoms with van der Waals surface area (Å²) in [5.74, 6) is 1.40. The van der Waals surface area contributed by atoms with Crippen molar-refractivity contribution in [1.82, 2.24) is 19.8 Å². The molecule has 0 bridgehead atoms. The highest BCUT2D eigenvalue weighted by Gasteiger charge is 2.08. The van der Waals surface area contributed by atoms with E-state index in [9.17, 15) is 4.79 Å². The molecule has 0 fully saturated rings. The second-order valence-electron chi connectivity index (χ2n) is 9.62. The first-order valence-corrected chi connectivity index (χ1v) is 13.9. The summed E-state index contributed by atoms with van der Waals surface area (Å²) in [6, 6.07) is 19.7. The number of carbonyl (C=O) groups is 1. The molecule has 0 amide bonds. The van der Waals surface area contributed by atoms with Gasteiger partial charge in [0, 0.05) is 29.4 Å². The molecule has 2 N–H and O–H groups in total. The van der Waals surface area contributed by atoms with Gasteiger partial charge in [0.15, 0.2) is 18.3 Å². The molecule has 2 aromatic carbocycles. The molecular weight excluding hydrogens is 494 g/mol. The van der Waals surface area contributed by atoms with E-state index in [4.69, 9.17) is 14.2 Å². The minimum absolute atomic E-state index is 0.0536. The molecule has 0 atom stereocenters. The molecular formula is C30H39N5O4. The van der Waals surface area contributed by atoms with Gasteiger partial charge >= 0.3 is 5.97 Å². The Hall–Kier alpha value is -3.85. The Morgan fingerprint density at radius 3 is 2.38 bits per heavy atom. The Bertz CT molecular complexity index is 1220. The maximum Gasteiger partial charge on any atom is 0.307 e. The van der Waals surface area contributed by atoms with Crippen LogP contribution >= 0.6 is 0 Å². The van der Waals surface area contributed by atoms with Crippen LogP contribution in [-0.4, -0.2) is 45.9 Å². The standard InChI is InChI=1S/C30H39N5O4/c1-24-21-28-32-30(34-35(28)33-24)25-16-18-26(19-17-25)31-22-37-23-39-29(36)15-11-6-4-2-3-5-7-12-20-38-27-13-9-8-10-14-27/h8-10,13-14,16-19,21,31,33H,2-7,11-12,15,20,22-23H2,1H3. The number of rotatable bonds is 18. The predicted molar refractivity (Wildman–Crippen MR) is 152 cm³/mol. The molecule has 0 aliphatic heterocycles. The van der Waals surface area contributed by atoms with Crippen molar-refractivity contribution in [3.05, 3.63) is 66.4 Å². The maximum absolute atomic E-state index is 11.9. The van der Waals surface area contributed by atoms with Crippen molar-refractivity contribution in [2.75, 3.05) is 25.4 Å². The second-order valence-corrected chi connectivity index (χ2v) is 9.62. The minimum Gasteiger partial charge on any atom is -0.494 e. The monoisotopic (exact) mass is 533 g/mol. The number of nitrogens with zero attached hydrogens (tertiary/aromatic N) is 3. The first kappa shape index (κ1) is 28.2. The highest BCUT2D eigenvalue weighted by Crippen LogP contribution is 2.19. The Morgan fingerprint density at radius 2 is 1.64 bits per heavy atom. The zero-order valence-electron chi connectivity index (χ0n) is 22.7. The molecule has 4 aromatic rings. The summed E-state index contributed by atoms with van der Waals surface area (Å²) in [5.41, 5.74) is 3.63. The van der Waals surface area contributed by atoms with Gasteiger partial charge in [0.25, 0.3) is 0 Å². The molecule has 0 aliphatic carbocycles. The smallest absolute Gasteiger partial charge is 0.307 e. The molecule has 2 heterocycles. The quantitative estimate of drug-likeness (QED) is 0.0854. The summed E-state index contributed by atoms with van der Waals surface area (Å²) in [6.45, 7) is 2.94. The van der Waals surface area contributed by atoms with Gasteiger partial charge in [-0.3, -0.25) is 9.89 Å². The van der Waals surface area contributed by atoms with Crippen molar-refractivity contribution < 1.29 is 19.0 Å². The van der Waals surface area contributed by atoms with Gasteiger partial charge in [-0.2, -0.15) is 4.63 Å². The number of fused-ring (bicyclic) bond motifs is 1. The van der Waals surface area contributed by atoms with E-state index in [2.05, 4.69) is 20.5 Å². The van der Waals surface area contributed by atoms with Crippen molar-refractivity contribution in [3.8, 4) is 17.1 Å². The fourth-order valence-corrected chi connectivity index (χ4v) is 4.25. The molecule has 9 nitrogen and oxygen atoms in total. The van der Waals surface area contributed by atoms with Crippen molar-refractivity contribution in [2.24, 2.45) is 0 Å². The lowest BCUT2D eigenvalue weighted by molar-refractivity contribution is -0.155. The zero-order chi connectivity index (χ0) is 27.1. The number of hydrogen-bond donors (Lipinski definition) is 2. The molecule has 4 rings (SSSR count). The summed E-state index contributed by atoms with van der Waals surface area (Å²) in [7, 11) is 0. The van der Waals surface area contributed by atoms with E-state index in [0.717, 1.165) is 60.6 Å². The van der Waals surface area contributed by atoms with E-state index >= 15 is 0 Å². The molecule has 208 valence electrons. The van der Waals surface area contributed by atoms with Crippen LogP contribution in [0.15, 0.2) is 60.7 Å². The largest absolute Gasteiger partial charge is 0.494 e. The number of benzene rings is 2. The van der Waals surface area contributed by atoms with Crippen LogP contribution in [0, 0.1) is 6.92 Å². The van der Waals surface area contributed by atoms with E-state index in [1.54, 1.807) is 4.63 Å².